The van der Waals surface area contributed by atoms with Crippen LogP contribution in [0.4, 0.5) is 11.4 Å². The van der Waals surface area contributed by atoms with E-state index in [1.165, 1.54) is 11.1 Å². The van der Waals surface area contributed by atoms with Gasteiger partial charge >= 0.3 is 0 Å². The molecule has 1 fully saturated rings. The summed E-state index contributed by atoms with van der Waals surface area (Å²) in [6.45, 7) is 8.52. The van der Waals surface area contributed by atoms with Crippen molar-refractivity contribution in [2.24, 2.45) is 11.3 Å². The van der Waals surface area contributed by atoms with Crippen LogP contribution < -0.4 is 15.5 Å². The number of benzene rings is 3. The van der Waals surface area contributed by atoms with Crippen LogP contribution in [0.25, 0.3) is 0 Å². The predicted molar refractivity (Wildman–Crippen MR) is 157 cm³/mol. The number of hydrogen-bond donors (Lipinski definition) is 2. The summed E-state index contributed by atoms with van der Waals surface area (Å²) < 4.78 is 0. The molecular formula is C33H41N3O2. The molecule has 0 aliphatic carbocycles. The topological polar surface area (TPSA) is 61.4 Å². The van der Waals surface area contributed by atoms with Gasteiger partial charge in [-0.05, 0) is 66.3 Å². The standard InChI is InChI=1S/C33H41N3O2/c1-33(2,3)24-31(37)35-28-14-15-30(29(23-28)32(38)34-19-16-25-10-6-4-7-11-25)36-20-17-27(18-21-36)22-26-12-8-5-9-13-26/h4-15,23,27H,16-22,24H2,1-3H3,(H,34,38)(H,35,37). The largest absolute Gasteiger partial charge is 0.371 e. The lowest BCUT2D eigenvalue weighted by atomic mass is 9.89. The molecule has 1 heterocycles. The van der Waals surface area contributed by atoms with E-state index < -0.39 is 0 Å². The van der Waals surface area contributed by atoms with Crippen molar-refractivity contribution in [3.05, 3.63) is 95.6 Å². The minimum atomic E-state index is -0.105. The van der Waals surface area contributed by atoms with E-state index in [0.29, 0.717) is 30.1 Å². The Bertz CT molecular complexity index is 1190. The molecule has 0 bridgehead atoms. The normalized spacial score (nSPS) is 14.2. The summed E-state index contributed by atoms with van der Waals surface area (Å²) in [5, 5.41) is 6.11. The molecule has 0 atom stereocenters. The maximum absolute atomic E-state index is 13.4. The van der Waals surface area contributed by atoms with Gasteiger partial charge in [0, 0.05) is 37.4 Å². The first-order valence-corrected chi connectivity index (χ1v) is 13.8. The van der Waals surface area contributed by atoms with E-state index in [-0.39, 0.29) is 17.2 Å². The average Bonchev–Trinajstić information content (AvgIpc) is 2.89. The highest BCUT2D eigenvalue weighted by Crippen LogP contribution is 2.30. The number of piperidine rings is 1. The zero-order valence-corrected chi connectivity index (χ0v) is 23.0. The Hall–Kier alpha value is -3.60. The van der Waals surface area contributed by atoms with Gasteiger partial charge < -0.3 is 15.5 Å². The van der Waals surface area contributed by atoms with E-state index in [2.05, 4.69) is 58.0 Å². The van der Waals surface area contributed by atoms with Crippen LogP contribution in [0, 0.1) is 11.3 Å². The summed E-state index contributed by atoms with van der Waals surface area (Å²) in [4.78, 5) is 28.3. The quantitative estimate of drug-likeness (QED) is 0.345. The van der Waals surface area contributed by atoms with Gasteiger partial charge in [0.05, 0.1) is 5.56 Å². The van der Waals surface area contributed by atoms with Gasteiger partial charge in [0.2, 0.25) is 5.91 Å². The molecule has 0 aromatic heterocycles. The Balaban J connectivity index is 1.46. The van der Waals surface area contributed by atoms with Gasteiger partial charge in [0.15, 0.2) is 0 Å². The van der Waals surface area contributed by atoms with E-state index in [4.69, 9.17) is 0 Å². The van der Waals surface area contributed by atoms with Gasteiger partial charge in [-0.3, -0.25) is 9.59 Å². The molecule has 3 aromatic rings. The van der Waals surface area contributed by atoms with E-state index in [0.717, 1.165) is 44.5 Å². The molecule has 0 radical (unpaired) electrons. The monoisotopic (exact) mass is 511 g/mol. The van der Waals surface area contributed by atoms with Crippen molar-refractivity contribution in [3.8, 4) is 0 Å². The van der Waals surface area contributed by atoms with E-state index in [9.17, 15) is 9.59 Å². The number of amides is 2. The van der Waals surface area contributed by atoms with E-state index in [1.807, 2.05) is 57.2 Å². The molecule has 0 spiro atoms. The molecule has 1 saturated heterocycles. The third-order valence-corrected chi connectivity index (χ3v) is 7.08. The van der Waals surface area contributed by atoms with Crippen molar-refractivity contribution in [2.45, 2.75) is 52.9 Å². The molecule has 200 valence electrons. The van der Waals surface area contributed by atoms with Gasteiger partial charge in [-0.25, -0.2) is 0 Å². The summed E-state index contributed by atoms with van der Waals surface area (Å²) in [5.41, 5.74) is 4.69. The van der Waals surface area contributed by atoms with Crippen LogP contribution in [0.2, 0.25) is 0 Å². The van der Waals surface area contributed by atoms with Gasteiger partial charge in [0.25, 0.3) is 5.91 Å². The molecule has 2 amide bonds. The molecule has 4 rings (SSSR count). The molecule has 5 nitrogen and oxygen atoms in total. The predicted octanol–water partition coefficient (Wildman–Crippen LogP) is 6.49. The number of anilines is 2. The maximum Gasteiger partial charge on any atom is 0.253 e. The van der Waals surface area contributed by atoms with Gasteiger partial charge in [-0.2, -0.15) is 0 Å². The fraction of sp³-hybridized carbons (Fsp3) is 0.394. The molecule has 5 heteroatoms. The summed E-state index contributed by atoms with van der Waals surface area (Å²) >= 11 is 0. The first kappa shape index (κ1) is 27.4. The second-order valence-corrected chi connectivity index (χ2v) is 11.6. The Morgan fingerprint density at radius 1 is 0.868 bits per heavy atom. The van der Waals surface area contributed by atoms with Crippen LogP contribution in [-0.4, -0.2) is 31.4 Å². The lowest BCUT2D eigenvalue weighted by molar-refractivity contribution is -0.117. The molecule has 2 N–H and O–H groups in total. The first-order valence-electron chi connectivity index (χ1n) is 13.8. The molecule has 0 unspecified atom stereocenters. The fourth-order valence-electron chi connectivity index (χ4n) is 5.14. The van der Waals surface area contributed by atoms with Crippen molar-refractivity contribution >= 4 is 23.2 Å². The number of carbonyl (C=O) groups is 2. The second-order valence-electron chi connectivity index (χ2n) is 11.6. The van der Waals surface area contributed by atoms with Crippen LogP contribution >= 0.6 is 0 Å². The molecule has 1 aliphatic heterocycles. The summed E-state index contributed by atoms with van der Waals surface area (Å²) in [6, 6.07) is 26.6. The second kappa shape index (κ2) is 12.8. The van der Waals surface area contributed by atoms with Gasteiger partial charge in [-0.15, -0.1) is 0 Å². The minimum Gasteiger partial charge on any atom is -0.371 e. The number of nitrogens with zero attached hydrogens (tertiary/aromatic N) is 1. The lowest BCUT2D eigenvalue weighted by Crippen LogP contribution is -2.36. The van der Waals surface area contributed by atoms with Crippen molar-refractivity contribution in [3.63, 3.8) is 0 Å². The van der Waals surface area contributed by atoms with Crippen LogP contribution in [0.15, 0.2) is 78.9 Å². The SMILES string of the molecule is CC(C)(C)CC(=O)Nc1ccc(N2CCC(Cc3ccccc3)CC2)c(C(=O)NCCc2ccccc2)c1. The molecule has 1 aliphatic rings. The zero-order chi connectivity index (χ0) is 27.0. The Kier molecular flexibility index (Phi) is 9.22. The van der Waals surface area contributed by atoms with Crippen LogP contribution in [0.1, 0.15) is 61.5 Å². The minimum absolute atomic E-state index is 0.0394. The highest BCUT2D eigenvalue weighted by Gasteiger charge is 2.24. The Labute approximate surface area is 227 Å². The van der Waals surface area contributed by atoms with Crippen molar-refractivity contribution in [2.75, 3.05) is 29.9 Å². The lowest BCUT2D eigenvalue weighted by Gasteiger charge is -2.35. The van der Waals surface area contributed by atoms with E-state index in [1.54, 1.807) is 0 Å². The number of hydrogen-bond acceptors (Lipinski definition) is 3. The number of rotatable bonds is 9. The molecule has 38 heavy (non-hydrogen) atoms. The van der Waals surface area contributed by atoms with Crippen LogP contribution in [0.5, 0.6) is 0 Å². The van der Waals surface area contributed by atoms with Gasteiger partial charge in [-0.1, -0.05) is 81.4 Å². The number of nitrogens with one attached hydrogen (secondary N) is 2. The summed E-state index contributed by atoms with van der Waals surface area (Å²) in [6.07, 6.45) is 4.47. The van der Waals surface area contributed by atoms with Crippen LogP contribution in [0.3, 0.4) is 0 Å². The Morgan fingerprint density at radius 3 is 2.13 bits per heavy atom. The molecular weight excluding hydrogens is 470 g/mol. The summed E-state index contributed by atoms with van der Waals surface area (Å²) in [7, 11) is 0. The zero-order valence-electron chi connectivity index (χ0n) is 23.0. The first-order chi connectivity index (χ1) is 18.3. The average molecular weight is 512 g/mol. The highest BCUT2D eigenvalue weighted by molar-refractivity contribution is 6.02. The Morgan fingerprint density at radius 2 is 1.50 bits per heavy atom. The number of carbonyl (C=O) groups excluding carboxylic acids is 2. The molecule has 3 aromatic carbocycles. The van der Waals surface area contributed by atoms with Crippen molar-refractivity contribution in [1.82, 2.24) is 5.32 Å². The highest BCUT2D eigenvalue weighted by atomic mass is 16.2. The third-order valence-electron chi connectivity index (χ3n) is 7.08. The smallest absolute Gasteiger partial charge is 0.253 e. The van der Waals surface area contributed by atoms with Crippen molar-refractivity contribution < 1.29 is 9.59 Å². The summed E-state index contributed by atoms with van der Waals surface area (Å²) in [5.74, 6) is 0.504. The van der Waals surface area contributed by atoms with E-state index >= 15 is 0 Å². The van der Waals surface area contributed by atoms with Crippen LogP contribution in [-0.2, 0) is 17.6 Å². The maximum atomic E-state index is 13.4. The fourth-order valence-corrected chi connectivity index (χ4v) is 5.14. The van der Waals surface area contributed by atoms with Crippen molar-refractivity contribution in [1.29, 1.82) is 0 Å². The van der Waals surface area contributed by atoms with Gasteiger partial charge in [0.1, 0.15) is 0 Å². The molecule has 0 saturated carbocycles. The third kappa shape index (κ3) is 8.20.